The molecule has 0 saturated carbocycles. The van der Waals surface area contributed by atoms with E-state index in [1.165, 1.54) is 0 Å². The zero-order valence-electron chi connectivity index (χ0n) is 16.9. The van der Waals surface area contributed by atoms with Crippen molar-refractivity contribution in [2.75, 3.05) is 22.6 Å². The average molecular weight is 453 g/mol. The Morgan fingerprint density at radius 3 is 2.39 bits per heavy atom. The molecule has 3 aromatic carbocycles. The van der Waals surface area contributed by atoms with Crippen molar-refractivity contribution in [1.29, 1.82) is 0 Å². The van der Waals surface area contributed by atoms with E-state index in [0.29, 0.717) is 28.6 Å². The summed E-state index contributed by atoms with van der Waals surface area (Å²) in [7, 11) is 0. The van der Waals surface area contributed by atoms with Crippen LogP contribution in [0.1, 0.15) is 28.2 Å². The first-order valence-corrected chi connectivity index (χ1v) is 11.3. The second-order valence-corrected chi connectivity index (χ2v) is 8.44. The van der Waals surface area contributed by atoms with Crippen molar-refractivity contribution in [3.63, 3.8) is 0 Å². The summed E-state index contributed by atoms with van der Waals surface area (Å²) in [5.41, 5.74) is 3.05. The van der Waals surface area contributed by atoms with Gasteiger partial charge in [-0.25, -0.2) is 0 Å². The lowest BCUT2D eigenvalue weighted by Crippen LogP contribution is -2.27. The van der Waals surface area contributed by atoms with E-state index in [1.54, 1.807) is 36.0 Å². The largest absolute Gasteiger partial charge is 0.494 e. The van der Waals surface area contributed by atoms with Gasteiger partial charge < -0.3 is 10.1 Å². The number of thioether (sulfide) groups is 1. The molecule has 7 heteroatoms. The molecule has 1 heterocycles. The highest BCUT2D eigenvalue weighted by molar-refractivity contribution is 8.00. The van der Waals surface area contributed by atoms with E-state index >= 15 is 0 Å². The molecule has 5 nitrogen and oxygen atoms in total. The molecule has 158 valence electrons. The van der Waals surface area contributed by atoms with Crippen LogP contribution in [0.2, 0.25) is 5.02 Å². The predicted octanol–water partition coefficient (Wildman–Crippen LogP) is 5.77. The lowest BCUT2D eigenvalue weighted by Gasteiger charge is -2.24. The monoisotopic (exact) mass is 452 g/mol. The van der Waals surface area contributed by atoms with E-state index in [2.05, 4.69) is 5.32 Å². The molecule has 1 aliphatic heterocycles. The quantitative estimate of drug-likeness (QED) is 0.515. The minimum Gasteiger partial charge on any atom is -0.494 e. The standard InChI is InChI=1S/C24H21ClN2O3S/c1-2-30-21-13-11-20(12-14-21)27-22(28)15-31-24(27)17-5-9-19(10-6-17)26-23(29)16-3-7-18(25)8-4-16/h3-14,24H,2,15H2,1H3,(H,26,29). The zero-order valence-corrected chi connectivity index (χ0v) is 18.5. The molecule has 3 aromatic rings. The molecule has 2 amide bonds. The van der Waals surface area contributed by atoms with Gasteiger partial charge in [0.2, 0.25) is 5.91 Å². The van der Waals surface area contributed by atoms with Gasteiger partial charge in [0.1, 0.15) is 11.1 Å². The van der Waals surface area contributed by atoms with E-state index in [9.17, 15) is 9.59 Å². The molecular formula is C24H21ClN2O3S. The number of amides is 2. The Balaban J connectivity index is 1.48. The number of carbonyl (C=O) groups excluding carboxylic acids is 2. The van der Waals surface area contributed by atoms with Crippen LogP contribution in [0.15, 0.2) is 72.8 Å². The third-order valence-corrected chi connectivity index (χ3v) is 6.32. The summed E-state index contributed by atoms with van der Waals surface area (Å²) in [6.45, 7) is 2.54. The summed E-state index contributed by atoms with van der Waals surface area (Å²) in [6.07, 6.45) is 0. The highest BCUT2D eigenvalue weighted by Gasteiger charge is 2.34. The fourth-order valence-corrected chi connectivity index (χ4v) is 4.66. The molecule has 1 unspecified atom stereocenters. The van der Waals surface area contributed by atoms with Crippen LogP contribution in [0.3, 0.4) is 0 Å². The Morgan fingerprint density at radius 2 is 1.74 bits per heavy atom. The molecule has 1 aliphatic rings. The SMILES string of the molecule is CCOc1ccc(N2C(=O)CSC2c2ccc(NC(=O)c3ccc(Cl)cc3)cc2)cc1. The Hall–Kier alpha value is -2.96. The van der Waals surface area contributed by atoms with Crippen LogP contribution in [-0.4, -0.2) is 24.2 Å². The van der Waals surface area contributed by atoms with Gasteiger partial charge in [0.25, 0.3) is 5.91 Å². The van der Waals surface area contributed by atoms with Gasteiger partial charge in [0, 0.05) is 22.0 Å². The fourth-order valence-electron chi connectivity index (χ4n) is 3.36. The van der Waals surface area contributed by atoms with E-state index in [0.717, 1.165) is 17.0 Å². The van der Waals surface area contributed by atoms with E-state index in [-0.39, 0.29) is 17.2 Å². The molecular weight excluding hydrogens is 432 g/mol. The number of carbonyl (C=O) groups is 2. The zero-order chi connectivity index (χ0) is 21.8. The minimum absolute atomic E-state index is 0.0688. The lowest BCUT2D eigenvalue weighted by atomic mass is 10.1. The molecule has 1 N–H and O–H groups in total. The number of hydrogen-bond acceptors (Lipinski definition) is 4. The predicted molar refractivity (Wildman–Crippen MR) is 126 cm³/mol. The summed E-state index contributed by atoms with van der Waals surface area (Å²) >= 11 is 7.46. The van der Waals surface area contributed by atoms with Gasteiger partial charge in [-0.15, -0.1) is 11.8 Å². The molecule has 1 fully saturated rings. The average Bonchev–Trinajstić information content (AvgIpc) is 3.17. The van der Waals surface area contributed by atoms with Gasteiger partial charge in [-0.3, -0.25) is 14.5 Å². The number of rotatable bonds is 6. The lowest BCUT2D eigenvalue weighted by molar-refractivity contribution is -0.115. The van der Waals surface area contributed by atoms with Crippen molar-refractivity contribution in [3.05, 3.63) is 88.9 Å². The highest BCUT2D eigenvalue weighted by atomic mass is 35.5. The summed E-state index contributed by atoms with van der Waals surface area (Å²) < 4.78 is 5.49. The van der Waals surface area contributed by atoms with Crippen LogP contribution in [0.4, 0.5) is 11.4 Å². The minimum atomic E-state index is -0.203. The Bertz CT molecular complexity index is 1070. The van der Waals surface area contributed by atoms with Crippen LogP contribution in [0.25, 0.3) is 0 Å². The number of anilines is 2. The first kappa shape index (κ1) is 21.3. The van der Waals surface area contributed by atoms with Crippen LogP contribution in [-0.2, 0) is 4.79 Å². The van der Waals surface area contributed by atoms with E-state index in [1.807, 2.05) is 60.4 Å². The van der Waals surface area contributed by atoms with Gasteiger partial charge in [-0.05, 0) is 73.2 Å². The van der Waals surface area contributed by atoms with E-state index < -0.39 is 0 Å². The van der Waals surface area contributed by atoms with E-state index in [4.69, 9.17) is 16.3 Å². The van der Waals surface area contributed by atoms with Gasteiger partial charge in [-0.1, -0.05) is 23.7 Å². The Morgan fingerprint density at radius 1 is 1.06 bits per heavy atom. The molecule has 0 spiro atoms. The van der Waals surface area contributed by atoms with Gasteiger partial charge in [0.15, 0.2) is 0 Å². The number of hydrogen-bond donors (Lipinski definition) is 1. The van der Waals surface area contributed by atoms with Crippen molar-refractivity contribution in [3.8, 4) is 5.75 Å². The molecule has 0 bridgehead atoms. The first-order valence-electron chi connectivity index (χ1n) is 9.88. The van der Waals surface area contributed by atoms with Crippen molar-refractivity contribution in [2.24, 2.45) is 0 Å². The second kappa shape index (κ2) is 9.45. The molecule has 0 aromatic heterocycles. The fraction of sp³-hybridized carbons (Fsp3) is 0.167. The molecule has 1 atom stereocenters. The van der Waals surface area contributed by atoms with Crippen LogP contribution < -0.4 is 15.0 Å². The summed E-state index contributed by atoms with van der Waals surface area (Å²) in [6, 6.07) is 21.9. The van der Waals surface area contributed by atoms with Crippen LogP contribution >= 0.6 is 23.4 Å². The van der Waals surface area contributed by atoms with Gasteiger partial charge >= 0.3 is 0 Å². The first-order chi connectivity index (χ1) is 15.0. The number of nitrogens with zero attached hydrogens (tertiary/aromatic N) is 1. The summed E-state index contributed by atoms with van der Waals surface area (Å²) in [5.74, 6) is 1.07. The maximum atomic E-state index is 12.6. The van der Waals surface area contributed by atoms with Gasteiger partial charge in [-0.2, -0.15) is 0 Å². The summed E-state index contributed by atoms with van der Waals surface area (Å²) in [4.78, 5) is 26.8. The maximum absolute atomic E-state index is 12.6. The topological polar surface area (TPSA) is 58.6 Å². The second-order valence-electron chi connectivity index (χ2n) is 6.94. The third-order valence-electron chi connectivity index (χ3n) is 4.85. The maximum Gasteiger partial charge on any atom is 0.255 e. The Kier molecular flexibility index (Phi) is 6.49. The normalized spacial score (nSPS) is 15.7. The van der Waals surface area contributed by atoms with Crippen LogP contribution in [0.5, 0.6) is 5.75 Å². The number of halogens is 1. The molecule has 0 aliphatic carbocycles. The van der Waals surface area contributed by atoms with Crippen molar-refractivity contribution >= 4 is 46.6 Å². The van der Waals surface area contributed by atoms with Crippen molar-refractivity contribution in [1.82, 2.24) is 0 Å². The molecule has 0 radical (unpaired) electrons. The number of benzene rings is 3. The Labute approximate surface area is 190 Å². The molecule has 31 heavy (non-hydrogen) atoms. The smallest absolute Gasteiger partial charge is 0.255 e. The van der Waals surface area contributed by atoms with Gasteiger partial charge in [0.05, 0.1) is 12.4 Å². The third kappa shape index (κ3) is 4.86. The van der Waals surface area contributed by atoms with Crippen molar-refractivity contribution < 1.29 is 14.3 Å². The number of nitrogens with one attached hydrogen (secondary N) is 1. The number of ether oxygens (including phenoxy) is 1. The molecule has 1 saturated heterocycles. The van der Waals surface area contributed by atoms with Crippen LogP contribution in [0, 0.1) is 0 Å². The highest BCUT2D eigenvalue weighted by Crippen LogP contribution is 2.42. The van der Waals surface area contributed by atoms with Crippen molar-refractivity contribution in [2.45, 2.75) is 12.3 Å². The molecule has 4 rings (SSSR count). The summed E-state index contributed by atoms with van der Waals surface area (Å²) in [5, 5.41) is 3.35.